The minimum Gasteiger partial charge on any atom is -0.392 e. The van der Waals surface area contributed by atoms with Gasteiger partial charge in [-0.25, -0.2) is 0 Å². The normalized spacial score (nSPS) is 11.4. The van der Waals surface area contributed by atoms with E-state index in [1.807, 2.05) is 0 Å². The first-order chi connectivity index (χ1) is 7.02. The molecule has 0 radical (unpaired) electrons. The first-order valence-electron chi connectivity index (χ1n) is 5.76. The van der Waals surface area contributed by atoms with Crippen molar-refractivity contribution >= 4 is 0 Å². The molecular formula is C14H22O. The number of aliphatic hydroxyl groups excluding tert-OH is 1. The molecule has 0 aliphatic heterocycles. The van der Waals surface area contributed by atoms with Crippen LogP contribution in [0.25, 0.3) is 0 Å². The van der Waals surface area contributed by atoms with Crippen molar-refractivity contribution in [2.24, 2.45) is 5.92 Å². The zero-order chi connectivity index (χ0) is 11.4. The number of benzene rings is 1. The maximum atomic E-state index is 9.20. The maximum Gasteiger partial charge on any atom is 0.0682 e. The Kier molecular flexibility index (Phi) is 4.34. The second-order valence-corrected chi connectivity index (χ2v) is 4.99. The Morgan fingerprint density at radius 2 is 1.60 bits per heavy atom. The minimum absolute atomic E-state index is 0.144. The highest BCUT2D eigenvalue weighted by atomic mass is 16.3. The van der Waals surface area contributed by atoms with Crippen LogP contribution in [0.2, 0.25) is 0 Å². The summed E-state index contributed by atoms with van der Waals surface area (Å²) < 4.78 is 0. The fourth-order valence-electron chi connectivity index (χ4n) is 1.81. The lowest BCUT2D eigenvalue weighted by Crippen LogP contribution is -1.99. The second-order valence-electron chi connectivity index (χ2n) is 4.99. The smallest absolute Gasteiger partial charge is 0.0682 e. The molecule has 1 heteroatoms. The molecule has 0 unspecified atom stereocenters. The van der Waals surface area contributed by atoms with E-state index in [0.29, 0.717) is 11.8 Å². The third kappa shape index (κ3) is 3.67. The molecule has 0 spiro atoms. The molecule has 0 aliphatic rings. The van der Waals surface area contributed by atoms with Crippen molar-refractivity contribution in [3.05, 3.63) is 34.9 Å². The van der Waals surface area contributed by atoms with Gasteiger partial charge in [0, 0.05) is 0 Å². The van der Waals surface area contributed by atoms with Crippen LogP contribution in [-0.2, 0) is 13.0 Å². The maximum absolute atomic E-state index is 9.20. The van der Waals surface area contributed by atoms with Crippen molar-refractivity contribution in [2.45, 2.75) is 46.6 Å². The predicted octanol–water partition coefficient (Wildman–Crippen LogP) is 3.50. The van der Waals surface area contributed by atoms with Gasteiger partial charge in [0.05, 0.1) is 6.61 Å². The molecule has 0 bridgehead atoms. The third-order valence-corrected chi connectivity index (χ3v) is 2.57. The van der Waals surface area contributed by atoms with Gasteiger partial charge in [-0.3, -0.25) is 0 Å². The van der Waals surface area contributed by atoms with Gasteiger partial charge in [-0.15, -0.1) is 0 Å². The second kappa shape index (κ2) is 5.32. The van der Waals surface area contributed by atoms with Gasteiger partial charge in [0.25, 0.3) is 0 Å². The number of rotatable bonds is 4. The van der Waals surface area contributed by atoms with Crippen LogP contribution in [0.3, 0.4) is 0 Å². The molecule has 1 rings (SSSR count). The summed E-state index contributed by atoms with van der Waals surface area (Å²) in [5, 5.41) is 9.20. The highest BCUT2D eigenvalue weighted by Crippen LogP contribution is 2.20. The largest absolute Gasteiger partial charge is 0.392 e. The lowest BCUT2D eigenvalue weighted by atomic mass is 9.94. The first kappa shape index (κ1) is 12.3. The summed E-state index contributed by atoms with van der Waals surface area (Å²) in [5.41, 5.74) is 3.72. The van der Waals surface area contributed by atoms with Crippen molar-refractivity contribution in [3.63, 3.8) is 0 Å². The fraction of sp³-hybridized carbons (Fsp3) is 0.571. The Morgan fingerprint density at radius 3 is 2.07 bits per heavy atom. The molecule has 84 valence electrons. The van der Waals surface area contributed by atoms with Crippen LogP contribution in [0.1, 0.15) is 50.3 Å². The van der Waals surface area contributed by atoms with E-state index in [0.717, 1.165) is 12.0 Å². The summed E-state index contributed by atoms with van der Waals surface area (Å²) in [6, 6.07) is 6.49. The Bertz CT molecular complexity index is 313. The Hall–Kier alpha value is -0.820. The molecule has 0 amide bonds. The van der Waals surface area contributed by atoms with Gasteiger partial charge in [0.2, 0.25) is 0 Å². The SMILES string of the molecule is CC(C)Cc1cc(CO)cc(C(C)C)c1. The van der Waals surface area contributed by atoms with E-state index in [4.69, 9.17) is 0 Å². The quantitative estimate of drug-likeness (QED) is 0.799. The highest BCUT2D eigenvalue weighted by molar-refractivity contribution is 5.31. The molecule has 0 heterocycles. The lowest BCUT2D eigenvalue weighted by Gasteiger charge is -2.12. The molecule has 1 nitrogen and oxygen atoms in total. The molecule has 0 saturated carbocycles. The Labute approximate surface area is 93.1 Å². The zero-order valence-corrected chi connectivity index (χ0v) is 10.2. The van der Waals surface area contributed by atoms with Crippen molar-refractivity contribution in [3.8, 4) is 0 Å². The molecule has 1 N–H and O–H groups in total. The van der Waals surface area contributed by atoms with Crippen LogP contribution in [0.15, 0.2) is 18.2 Å². The Balaban J connectivity index is 3.00. The highest BCUT2D eigenvalue weighted by Gasteiger charge is 2.05. The monoisotopic (exact) mass is 206 g/mol. The predicted molar refractivity (Wildman–Crippen MR) is 65.0 cm³/mol. The molecular weight excluding hydrogens is 184 g/mol. The summed E-state index contributed by atoms with van der Waals surface area (Å²) in [5.74, 6) is 1.20. The molecule has 1 aromatic rings. The standard InChI is InChI=1S/C14H22O/c1-10(2)5-12-6-13(9-15)8-14(7-12)11(3)4/h6-8,10-11,15H,5,9H2,1-4H3. The van der Waals surface area contributed by atoms with Gasteiger partial charge in [0.15, 0.2) is 0 Å². The average Bonchev–Trinajstić information content (AvgIpc) is 2.16. The van der Waals surface area contributed by atoms with Crippen LogP contribution >= 0.6 is 0 Å². The average molecular weight is 206 g/mol. The van der Waals surface area contributed by atoms with E-state index >= 15 is 0 Å². The lowest BCUT2D eigenvalue weighted by molar-refractivity contribution is 0.281. The zero-order valence-electron chi connectivity index (χ0n) is 10.2. The molecule has 0 atom stereocenters. The summed E-state index contributed by atoms with van der Waals surface area (Å²) in [6.07, 6.45) is 1.09. The van der Waals surface area contributed by atoms with Gasteiger partial charge in [-0.2, -0.15) is 0 Å². The van der Waals surface area contributed by atoms with Crippen molar-refractivity contribution in [2.75, 3.05) is 0 Å². The number of hydrogen-bond acceptors (Lipinski definition) is 1. The van der Waals surface area contributed by atoms with E-state index in [-0.39, 0.29) is 6.61 Å². The fourth-order valence-corrected chi connectivity index (χ4v) is 1.81. The molecule has 1 aromatic carbocycles. The summed E-state index contributed by atoms with van der Waals surface area (Å²) in [4.78, 5) is 0. The van der Waals surface area contributed by atoms with Crippen LogP contribution in [0.5, 0.6) is 0 Å². The van der Waals surface area contributed by atoms with Crippen molar-refractivity contribution in [1.29, 1.82) is 0 Å². The van der Waals surface area contributed by atoms with E-state index in [2.05, 4.69) is 45.9 Å². The minimum atomic E-state index is 0.144. The van der Waals surface area contributed by atoms with E-state index in [1.54, 1.807) is 0 Å². The Morgan fingerprint density at radius 1 is 1.00 bits per heavy atom. The molecule has 0 fully saturated rings. The van der Waals surface area contributed by atoms with Crippen LogP contribution < -0.4 is 0 Å². The van der Waals surface area contributed by atoms with Gasteiger partial charge in [0.1, 0.15) is 0 Å². The summed E-state index contributed by atoms with van der Waals surface area (Å²) >= 11 is 0. The van der Waals surface area contributed by atoms with Gasteiger partial charge in [-0.1, -0.05) is 45.9 Å². The first-order valence-corrected chi connectivity index (χ1v) is 5.76. The van der Waals surface area contributed by atoms with E-state index in [1.165, 1.54) is 11.1 Å². The van der Waals surface area contributed by atoms with Gasteiger partial charge in [-0.05, 0) is 34.9 Å². The number of aliphatic hydroxyl groups is 1. The van der Waals surface area contributed by atoms with Crippen LogP contribution in [-0.4, -0.2) is 5.11 Å². The van der Waals surface area contributed by atoms with Crippen LogP contribution in [0, 0.1) is 5.92 Å². The van der Waals surface area contributed by atoms with E-state index < -0.39 is 0 Å². The third-order valence-electron chi connectivity index (χ3n) is 2.57. The molecule has 0 saturated heterocycles. The van der Waals surface area contributed by atoms with E-state index in [9.17, 15) is 5.11 Å². The summed E-state index contributed by atoms with van der Waals surface area (Å²) in [6.45, 7) is 8.97. The molecule has 15 heavy (non-hydrogen) atoms. The van der Waals surface area contributed by atoms with Crippen LogP contribution in [0.4, 0.5) is 0 Å². The topological polar surface area (TPSA) is 20.2 Å². The van der Waals surface area contributed by atoms with Crippen molar-refractivity contribution in [1.82, 2.24) is 0 Å². The van der Waals surface area contributed by atoms with Crippen molar-refractivity contribution < 1.29 is 5.11 Å². The summed E-state index contributed by atoms with van der Waals surface area (Å²) in [7, 11) is 0. The van der Waals surface area contributed by atoms with Gasteiger partial charge >= 0.3 is 0 Å². The van der Waals surface area contributed by atoms with Gasteiger partial charge < -0.3 is 5.11 Å². The number of hydrogen-bond donors (Lipinski definition) is 1. The molecule has 0 aliphatic carbocycles. The molecule has 0 aromatic heterocycles.